The average molecular weight is 271 g/mol. The zero-order chi connectivity index (χ0) is 14.1. The fourth-order valence-corrected chi connectivity index (χ4v) is 2.27. The molecule has 1 N–H and O–H groups in total. The second-order valence-corrected chi connectivity index (χ2v) is 5.24. The molecule has 0 atom stereocenters. The Bertz CT molecular complexity index is 285. The van der Waals surface area contributed by atoms with Crippen molar-refractivity contribution in [2.75, 3.05) is 19.7 Å². The van der Waals surface area contributed by atoms with Crippen LogP contribution in [0.15, 0.2) is 0 Å². The number of carbonyl (C=O) groups is 2. The van der Waals surface area contributed by atoms with Gasteiger partial charge >= 0.3 is 6.09 Å². The third-order valence-corrected chi connectivity index (χ3v) is 3.64. The number of amides is 1. The molecule has 0 spiro atoms. The van der Waals surface area contributed by atoms with Gasteiger partial charge in [0.25, 0.3) is 0 Å². The number of nitrogens with zero attached hydrogens (tertiary/aromatic N) is 1. The van der Waals surface area contributed by atoms with Gasteiger partial charge in [0.1, 0.15) is 6.29 Å². The van der Waals surface area contributed by atoms with Crippen LogP contribution in [-0.2, 0) is 9.53 Å². The van der Waals surface area contributed by atoms with Gasteiger partial charge in [0, 0.05) is 19.5 Å². The summed E-state index contributed by atoms with van der Waals surface area (Å²) in [5.74, 6) is 0. The van der Waals surface area contributed by atoms with Gasteiger partial charge < -0.3 is 19.5 Å². The van der Waals surface area contributed by atoms with Crippen molar-refractivity contribution >= 4 is 12.4 Å². The van der Waals surface area contributed by atoms with E-state index in [1.807, 2.05) is 6.92 Å². The van der Waals surface area contributed by atoms with Gasteiger partial charge in [-0.3, -0.25) is 0 Å². The lowest BCUT2D eigenvalue weighted by Crippen LogP contribution is -2.46. The highest BCUT2D eigenvalue weighted by atomic mass is 16.6. The molecule has 1 aliphatic rings. The first-order valence-corrected chi connectivity index (χ1v) is 7.19. The van der Waals surface area contributed by atoms with Crippen LogP contribution in [0.4, 0.5) is 4.79 Å². The molecule has 1 heterocycles. The molecule has 1 fully saturated rings. The number of hydrogen-bond donors (Lipinski definition) is 1. The van der Waals surface area contributed by atoms with Crippen LogP contribution in [0.3, 0.4) is 0 Å². The smallest absolute Gasteiger partial charge is 0.409 e. The third-order valence-electron chi connectivity index (χ3n) is 3.64. The van der Waals surface area contributed by atoms with E-state index < -0.39 is 5.60 Å². The Labute approximate surface area is 114 Å². The topological polar surface area (TPSA) is 66.8 Å². The van der Waals surface area contributed by atoms with E-state index in [4.69, 9.17) is 4.74 Å². The Morgan fingerprint density at radius 3 is 2.63 bits per heavy atom. The summed E-state index contributed by atoms with van der Waals surface area (Å²) >= 11 is 0. The van der Waals surface area contributed by atoms with Crippen LogP contribution in [-0.4, -0.2) is 47.7 Å². The standard InChI is InChI=1S/C14H25NO4/c1-2-3-12-19-13(17)15-9-7-14(18,8-10-15)6-4-5-11-16/h11,18H,2-10,12H2,1H3. The Kier molecular flexibility index (Phi) is 6.84. The van der Waals surface area contributed by atoms with Gasteiger partial charge in [0.2, 0.25) is 0 Å². The number of unbranched alkanes of at least 4 members (excludes halogenated alkanes) is 2. The van der Waals surface area contributed by atoms with Crippen LogP contribution in [0.1, 0.15) is 51.9 Å². The van der Waals surface area contributed by atoms with E-state index in [1.54, 1.807) is 4.90 Å². The van der Waals surface area contributed by atoms with Gasteiger partial charge in [0.05, 0.1) is 12.2 Å². The quantitative estimate of drug-likeness (QED) is 0.569. The molecule has 0 saturated carbocycles. The number of hydrogen-bond acceptors (Lipinski definition) is 4. The molecule has 0 bridgehead atoms. The number of piperidine rings is 1. The number of likely N-dealkylation sites (tertiary alicyclic amines) is 1. The Morgan fingerprint density at radius 2 is 2.05 bits per heavy atom. The molecule has 5 heteroatoms. The highest BCUT2D eigenvalue weighted by Gasteiger charge is 2.33. The minimum absolute atomic E-state index is 0.275. The van der Waals surface area contributed by atoms with Crippen molar-refractivity contribution in [1.82, 2.24) is 4.90 Å². The maximum Gasteiger partial charge on any atom is 0.409 e. The van der Waals surface area contributed by atoms with Gasteiger partial charge in [-0.05, 0) is 32.1 Å². The maximum absolute atomic E-state index is 11.7. The van der Waals surface area contributed by atoms with Gasteiger partial charge in [-0.1, -0.05) is 13.3 Å². The van der Waals surface area contributed by atoms with E-state index in [9.17, 15) is 14.7 Å². The molecule has 0 aromatic carbocycles. The third kappa shape index (κ3) is 5.59. The molecule has 0 aliphatic carbocycles. The molecular weight excluding hydrogens is 246 g/mol. The molecule has 0 unspecified atom stereocenters. The monoisotopic (exact) mass is 271 g/mol. The zero-order valence-electron chi connectivity index (χ0n) is 11.8. The molecule has 0 aromatic heterocycles. The van der Waals surface area contributed by atoms with Crippen LogP contribution < -0.4 is 0 Å². The van der Waals surface area contributed by atoms with Crippen molar-refractivity contribution < 1.29 is 19.4 Å². The highest BCUT2D eigenvalue weighted by Crippen LogP contribution is 2.27. The minimum atomic E-state index is -0.719. The van der Waals surface area contributed by atoms with Crippen molar-refractivity contribution in [3.8, 4) is 0 Å². The molecule has 1 saturated heterocycles. The highest BCUT2D eigenvalue weighted by molar-refractivity contribution is 5.67. The molecule has 1 aliphatic heterocycles. The summed E-state index contributed by atoms with van der Waals surface area (Å²) in [5, 5.41) is 10.3. The lowest BCUT2D eigenvalue weighted by Gasteiger charge is -2.37. The number of carbonyl (C=O) groups excluding carboxylic acids is 2. The summed E-state index contributed by atoms with van der Waals surface area (Å²) < 4.78 is 5.15. The van der Waals surface area contributed by atoms with E-state index in [0.29, 0.717) is 51.8 Å². The number of rotatable bonds is 7. The van der Waals surface area contributed by atoms with Gasteiger partial charge in [-0.25, -0.2) is 4.79 Å². The SMILES string of the molecule is CCCCOC(=O)N1CCC(O)(CCCC=O)CC1. The fourth-order valence-electron chi connectivity index (χ4n) is 2.27. The fraction of sp³-hybridized carbons (Fsp3) is 0.857. The van der Waals surface area contributed by atoms with Crippen LogP contribution in [0.5, 0.6) is 0 Å². The number of ether oxygens (including phenoxy) is 1. The Hall–Kier alpha value is -1.10. The van der Waals surface area contributed by atoms with E-state index >= 15 is 0 Å². The van der Waals surface area contributed by atoms with Crippen LogP contribution in [0.25, 0.3) is 0 Å². The molecule has 1 amide bonds. The summed E-state index contributed by atoms with van der Waals surface area (Å²) in [7, 11) is 0. The van der Waals surface area contributed by atoms with Gasteiger partial charge in [-0.2, -0.15) is 0 Å². The van der Waals surface area contributed by atoms with Crippen molar-refractivity contribution in [2.45, 2.75) is 57.5 Å². The van der Waals surface area contributed by atoms with Crippen LogP contribution in [0, 0.1) is 0 Å². The first-order chi connectivity index (χ1) is 9.11. The molecular formula is C14H25NO4. The van der Waals surface area contributed by atoms with Crippen LogP contribution in [0.2, 0.25) is 0 Å². The maximum atomic E-state index is 11.7. The molecule has 0 aromatic rings. The van der Waals surface area contributed by atoms with Crippen molar-refractivity contribution in [1.29, 1.82) is 0 Å². The molecule has 110 valence electrons. The second-order valence-electron chi connectivity index (χ2n) is 5.24. The van der Waals surface area contributed by atoms with Crippen molar-refractivity contribution in [2.24, 2.45) is 0 Å². The van der Waals surface area contributed by atoms with Gasteiger partial charge in [0.15, 0.2) is 0 Å². The zero-order valence-corrected chi connectivity index (χ0v) is 11.8. The summed E-state index contributed by atoms with van der Waals surface area (Å²) in [4.78, 5) is 23.6. The minimum Gasteiger partial charge on any atom is -0.449 e. The first kappa shape index (κ1) is 16.0. The summed E-state index contributed by atoms with van der Waals surface area (Å²) in [6, 6.07) is 0. The largest absolute Gasteiger partial charge is 0.449 e. The number of aldehydes is 1. The molecule has 19 heavy (non-hydrogen) atoms. The van der Waals surface area contributed by atoms with Crippen molar-refractivity contribution in [3.63, 3.8) is 0 Å². The summed E-state index contributed by atoms with van der Waals surface area (Å²) in [5.41, 5.74) is -0.719. The average Bonchev–Trinajstić information content (AvgIpc) is 2.40. The molecule has 1 rings (SSSR count). The van der Waals surface area contributed by atoms with Crippen LogP contribution >= 0.6 is 0 Å². The lowest BCUT2D eigenvalue weighted by atomic mass is 9.87. The summed E-state index contributed by atoms with van der Waals surface area (Å²) in [6.07, 6.45) is 5.45. The Morgan fingerprint density at radius 1 is 1.37 bits per heavy atom. The van der Waals surface area contributed by atoms with E-state index in [2.05, 4.69) is 0 Å². The lowest BCUT2D eigenvalue weighted by molar-refractivity contribution is -0.108. The van der Waals surface area contributed by atoms with E-state index in [-0.39, 0.29) is 6.09 Å². The van der Waals surface area contributed by atoms with E-state index in [1.165, 1.54) is 0 Å². The normalized spacial score (nSPS) is 18.1. The summed E-state index contributed by atoms with van der Waals surface area (Å²) in [6.45, 7) is 3.58. The van der Waals surface area contributed by atoms with E-state index in [0.717, 1.165) is 19.1 Å². The predicted octanol–water partition coefficient (Wildman–Crippen LogP) is 2.12. The van der Waals surface area contributed by atoms with Crippen molar-refractivity contribution in [3.05, 3.63) is 0 Å². The predicted molar refractivity (Wildman–Crippen MR) is 71.9 cm³/mol. The molecule has 5 nitrogen and oxygen atoms in total. The molecule has 0 radical (unpaired) electrons. The first-order valence-electron chi connectivity index (χ1n) is 7.19. The second kappa shape index (κ2) is 8.15. The van der Waals surface area contributed by atoms with Gasteiger partial charge in [-0.15, -0.1) is 0 Å². The Balaban J connectivity index is 2.27. The number of aliphatic hydroxyl groups is 1.